The minimum absolute atomic E-state index is 0.00551. The Labute approximate surface area is 167 Å². The highest BCUT2D eigenvalue weighted by Crippen LogP contribution is 2.25. The first-order valence-corrected chi connectivity index (χ1v) is 9.79. The number of amides is 1. The van der Waals surface area contributed by atoms with Crippen LogP contribution in [0, 0.1) is 6.92 Å². The van der Waals surface area contributed by atoms with E-state index in [-0.39, 0.29) is 11.9 Å². The highest BCUT2D eigenvalue weighted by Gasteiger charge is 2.23. The van der Waals surface area contributed by atoms with E-state index in [2.05, 4.69) is 26.9 Å². The Bertz CT molecular complexity index is 1220. The number of benzene rings is 1. The summed E-state index contributed by atoms with van der Waals surface area (Å²) in [6, 6.07) is 5.71. The van der Waals surface area contributed by atoms with Gasteiger partial charge >= 0.3 is 0 Å². The van der Waals surface area contributed by atoms with Crippen molar-refractivity contribution in [3.05, 3.63) is 36.2 Å². The van der Waals surface area contributed by atoms with Crippen LogP contribution in [0.25, 0.3) is 27.9 Å². The van der Waals surface area contributed by atoms with Gasteiger partial charge in [-0.2, -0.15) is 9.61 Å². The standard InChI is InChI=1S/C20H22N8O/c1-12-6-7-15-14(9-12)18-25-17(13-10-22-27(2)11-13)26-28(18)20(23-15)24-16-5-3-4-8-21-19(16)29/h6-7,9-11,16H,3-5,8H2,1-2H3,(H,21,29)(H,23,24)/t16-/m1/s1. The molecule has 9 nitrogen and oxygen atoms in total. The minimum atomic E-state index is -0.345. The first-order valence-electron chi connectivity index (χ1n) is 9.79. The molecule has 1 atom stereocenters. The van der Waals surface area contributed by atoms with E-state index in [4.69, 9.17) is 9.97 Å². The molecule has 1 fully saturated rings. The fourth-order valence-electron chi connectivity index (χ4n) is 3.71. The summed E-state index contributed by atoms with van der Waals surface area (Å²) < 4.78 is 3.42. The number of fused-ring (bicyclic) bond motifs is 3. The van der Waals surface area contributed by atoms with Crippen LogP contribution in [0.4, 0.5) is 5.95 Å². The molecule has 3 aromatic heterocycles. The van der Waals surface area contributed by atoms with Gasteiger partial charge in [0.2, 0.25) is 11.9 Å². The third-order valence-corrected chi connectivity index (χ3v) is 5.23. The lowest BCUT2D eigenvalue weighted by atomic mass is 10.1. The van der Waals surface area contributed by atoms with Crippen LogP contribution < -0.4 is 10.6 Å². The molecule has 9 heteroatoms. The SMILES string of the molecule is Cc1ccc2nc(N[C@@H]3CCCCNC3=O)n3nc(-c4cnn(C)c4)nc3c2c1. The Morgan fingerprint density at radius 1 is 1.24 bits per heavy atom. The molecule has 1 aliphatic rings. The Morgan fingerprint density at radius 2 is 2.14 bits per heavy atom. The van der Waals surface area contributed by atoms with E-state index in [9.17, 15) is 4.79 Å². The zero-order valence-corrected chi connectivity index (χ0v) is 16.4. The van der Waals surface area contributed by atoms with Gasteiger partial charge in [-0.3, -0.25) is 9.48 Å². The first-order chi connectivity index (χ1) is 14.1. The van der Waals surface area contributed by atoms with Crippen molar-refractivity contribution in [1.29, 1.82) is 0 Å². The molecule has 0 saturated carbocycles. The summed E-state index contributed by atoms with van der Waals surface area (Å²) in [6.07, 6.45) is 6.33. The summed E-state index contributed by atoms with van der Waals surface area (Å²) in [6.45, 7) is 2.75. The number of hydrogen-bond donors (Lipinski definition) is 2. The maximum atomic E-state index is 12.4. The minimum Gasteiger partial charge on any atom is -0.354 e. The average molecular weight is 390 g/mol. The summed E-state index contributed by atoms with van der Waals surface area (Å²) in [5.41, 5.74) is 3.46. The van der Waals surface area contributed by atoms with Gasteiger partial charge in [-0.05, 0) is 38.3 Å². The summed E-state index contributed by atoms with van der Waals surface area (Å²) in [5.74, 6) is 1.08. The van der Waals surface area contributed by atoms with Gasteiger partial charge in [-0.1, -0.05) is 11.6 Å². The van der Waals surface area contributed by atoms with Crippen molar-refractivity contribution in [2.24, 2.45) is 7.05 Å². The van der Waals surface area contributed by atoms with Crippen molar-refractivity contribution in [3.63, 3.8) is 0 Å². The van der Waals surface area contributed by atoms with E-state index in [0.717, 1.165) is 41.3 Å². The van der Waals surface area contributed by atoms with Crippen LogP contribution in [0.3, 0.4) is 0 Å². The third kappa shape index (κ3) is 3.18. The number of aromatic nitrogens is 6. The summed E-state index contributed by atoms with van der Waals surface area (Å²) in [4.78, 5) is 22.0. The van der Waals surface area contributed by atoms with Crippen molar-refractivity contribution in [2.75, 3.05) is 11.9 Å². The largest absolute Gasteiger partial charge is 0.354 e. The lowest BCUT2D eigenvalue weighted by Gasteiger charge is -2.16. The highest BCUT2D eigenvalue weighted by molar-refractivity contribution is 5.94. The molecule has 148 valence electrons. The van der Waals surface area contributed by atoms with Crippen molar-refractivity contribution >= 4 is 28.4 Å². The zero-order valence-electron chi connectivity index (χ0n) is 16.4. The van der Waals surface area contributed by atoms with E-state index in [1.54, 1.807) is 15.4 Å². The molecule has 0 radical (unpaired) electrons. The molecule has 0 spiro atoms. The number of anilines is 1. The van der Waals surface area contributed by atoms with Crippen LogP contribution >= 0.6 is 0 Å². The van der Waals surface area contributed by atoms with E-state index in [0.29, 0.717) is 24.0 Å². The Balaban J connectivity index is 1.68. The third-order valence-electron chi connectivity index (χ3n) is 5.23. The van der Waals surface area contributed by atoms with Crippen molar-refractivity contribution in [1.82, 2.24) is 34.7 Å². The van der Waals surface area contributed by atoms with Crippen LogP contribution in [0.2, 0.25) is 0 Å². The number of nitrogens with one attached hydrogen (secondary N) is 2. The number of carbonyl (C=O) groups is 1. The van der Waals surface area contributed by atoms with Gasteiger partial charge in [0, 0.05) is 25.2 Å². The van der Waals surface area contributed by atoms with E-state index in [1.807, 2.05) is 32.3 Å². The predicted octanol–water partition coefficient (Wildman–Crippen LogP) is 2.07. The fourth-order valence-corrected chi connectivity index (χ4v) is 3.71. The van der Waals surface area contributed by atoms with E-state index >= 15 is 0 Å². The molecule has 4 heterocycles. The van der Waals surface area contributed by atoms with E-state index in [1.165, 1.54) is 0 Å². The quantitative estimate of drug-likeness (QED) is 0.555. The topological polar surface area (TPSA) is 102 Å². The Hall–Kier alpha value is -3.49. The summed E-state index contributed by atoms with van der Waals surface area (Å²) in [7, 11) is 1.86. The fraction of sp³-hybridized carbons (Fsp3) is 0.350. The Kier molecular flexibility index (Phi) is 4.15. The molecule has 0 bridgehead atoms. The molecule has 5 rings (SSSR count). The molecule has 0 unspecified atom stereocenters. The number of carbonyl (C=O) groups excluding carboxylic acids is 1. The number of nitrogens with zero attached hydrogens (tertiary/aromatic N) is 6. The van der Waals surface area contributed by atoms with Gasteiger partial charge in [-0.25, -0.2) is 9.97 Å². The molecule has 1 aromatic carbocycles. The molecule has 2 N–H and O–H groups in total. The first kappa shape index (κ1) is 17.6. The highest BCUT2D eigenvalue weighted by atomic mass is 16.2. The monoisotopic (exact) mass is 390 g/mol. The second-order valence-corrected chi connectivity index (χ2v) is 7.51. The molecular weight excluding hydrogens is 368 g/mol. The molecule has 1 saturated heterocycles. The number of hydrogen-bond acceptors (Lipinski definition) is 6. The smallest absolute Gasteiger partial charge is 0.242 e. The summed E-state index contributed by atoms with van der Waals surface area (Å²) in [5, 5.41) is 16.1. The summed E-state index contributed by atoms with van der Waals surface area (Å²) >= 11 is 0. The number of rotatable bonds is 3. The second kappa shape index (κ2) is 6.84. The number of aryl methyl sites for hydroxylation is 2. The van der Waals surface area contributed by atoms with Gasteiger partial charge in [0.15, 0.2) is 11.5 Å². The lowest BCUT2D eigenvalue weighted by Crippen LogP contribution is -2.38. The van der Waals surface area contributed by atoms with Gasteiger partial charge in [0.1, 0.15) is 6.04 Å². The molecule has 4 aromatic rings. The maximum Gasteiger partial charge on any atom is 0.242 e. The Morgan fingerprint density at radius 3 is 2.97 bits per heavy atom. The van der Waals surface area contributed by atoms with Crippen LogP contribution in [-0.4, -0.2) is 47.9 Å². The van der Waals surface area contributed by atoms with Crippen LogP contribution in [0.5, 0.6) is 0 Å². The second-order valence-electron chi connectivity index (χ2n) is 7.51. The van der Waals surface area contributed by atoms with Crippen LogP contribution in [0.1, 0.15) is 24.8 Å². The van der Waals surface area contributed by atoms with Crippen molar-refractivity contribution < 1.29 is 4.79 Å². The average Bonchev–Trinajstić information content (AvgIpc) is 3.28. The normalized spacial score (nSPS) is 17.4. The van der Waals surface area contributed by atoms with Gasteiger partial charge in [0.05, 0.1) is 17.3 Å². The van der Waals surface area contributed by atoms with Crippen LogP contribution in [0.15, 0.2) is 30.6 Å². The van der Waals surface area contributed by atoms with Crippen molar-refractivity contribution in [3.8, 4) is 11.4 Å². The molecular formula is C20H22N8O. The predicted molar refractivity (Wildman–Crippen MR) is 109 cm³/mol. The van der Waals surface area contributed by atoms with Gasteiger partial charge in [-0.15, -0.1) is 5.10 Å². The van der Waals surface area contributed by atoms with Crippen molar-refractivity contribution in [2.45, 2.75) is 32.2 Å². The molecule has 1 amide bonds. The van der Waals surface area contributed by atoms with E-state index < -0.39 is 0 Å². The molecule has 29 heavy (non-hydrogen) atoms. The van der Waals surface area contributed by atoms with Gasteiger partial charge in [0.25, 0.3) is 0 Å². The lowest BCUT2D eigenvalue weighted by molar-refractivity contribution is -0.121. The zero-order chi connectivity index (χ0) is 20.0. The maximum absolute atomic E-state index is 12.4. The molecule has 0 aliphatic carbocycles. The van der Waals surface area contributed by atoms with Crippen LogP contribution in [-0.2, 0) is 11.8 Å². The van der Waals surface area contributed by atoms with Gasteiger partial charge < -0.3 is 10.6 Å². The molecule has 1 aliphatic heterocycles.